The van der Waals surface area contributed by atoms with E-state index in [1.165, 1.54) is 11.1 Å². The van der Waals surface area contributed by atoms with Crippen molar-refractivity contribution in [1.29, 1.82) is 0 Å². The van der Waals surface area contributed by atoms with Crippen molar-refractivity contribution in [3.63, 3.8) is 0 Å². The molecular weight excluding hydrogens is 216 g/mol. The number of imidazole rings is 1. The molecule has 0 bridgehead atoms. The van der Waals surface area contributed by atoms with Crippen LogP contribution >= 0.6 is 0 Å². The average Bonchev–Trinajstić information content (AvgIpc) is 2.82. The molecule has 1 N–H and O–H groups in total. The third-order valence-electron chi connectivity index (χ3n) is 2.54. The molecule has 2 rings (SSSR count). The standard InChI is InChI=1S/C12H14N2.CH2O2/c1-10-4-3-5-12(8-10)11(2)14-7-6-13-9-14;2-1-3/h3-9,11H,1-2H3;1H,(H,2,3). The van der Waals surface area contributed by atoms with E-state index in [-0.39, 0.29) is 0 Å². The predicted octanol–water partition coefficient (Wildman–Crippen LogP) is 0.586. The summed E-state index contributed by atoms with van der Waals surface area (Å²) in [7, 11) is 0. The van der Waals surface area contributed by atoms with Crippen LogP contribution in [0.5, 0.6) is 0 Å². The second-order valence-corrected chi connectivity index (χ2v) is 3.75. The lowest BCUT2D eigenvalue weighted by atomic mass is 10.1. The van der Waals surface area contributed by atoms with E-state index in [0.29, 0.717) is 6.04 Å². The van der Waals surface area contributed by atoms with Crippen LogP contribution in [0.1, 0.15) is 24.1 Å². The number of aryl methyl sites for hydroxylation is 1. The molecule has 4 heteroatoms. The molecular formula is C13H16N2O2. The number of rotatable bonds is 2. The Bertz CT molecular complexity index is 452. The summed E-state index contributed by atoms with van der Waals surface area (Å²) in [6.45, 7) is 3.82. The molecule has 90 valence electrons. The minimum absolute atomic E-state index is 0.390. The zero-order chi connectivity index (χ0) is 12.7. The van der Waals surface area contributed by atoms with Crippen LogP contribution in [0.2, 0.25) is 0 Å². The first-order valence-electron chi connectivity index (χ1n) is 5.34. The van der Waals surface area contributed by atoms with Crippen LogP contribution in [-0.2, 0) is 4.79 Å². The Labute approximate surface area is 101 Å². The summed E-state index contributed by atoms with van der Waals surface area (Å²) < 4.78 is 2.16. The average molecular weight is 232 g/mol. The molecule has 1 atom stereocenters. The van der Waals surface area contributed by atoms with Gasteiger partial charge in [0.05, 0.1) is 0 Å². The number of nitrogens with one attached hydrogen (secondary N) is 1. The van der Waals surface area contributed by atoms with E-state index in [9.17, 15) is 0 Å². The molecule has 0 aliphatic rings. The Morgan fingerprint density at radius 3 is 2.71 bits per heavy atom. The van der Waals surface area contributed by atoms with E-state index in [1.54, 1.807) is 0 Å². The molecule has 1 aromatic heterocycles. The van der Waals surface area contributed by atoms with Gasteiger partial charge in [-0.3, -0.25) is 4.98 Å². The third kappa shape index (κ3) is 3.75. The number of hydrogen-bond donors (Lipinski definition) is 1. The maximum absolute atomic E-state index is 8.25. The van der Waals surface area contributed by atoms with Crippen molar-refractivity contribution >= 4 is 6.47 Å². The van der Waals surface area contributed by atoms with Gasteiger partial charge < -0.3 is 9.90 Å². The molecule has 0 saturated carbocycles. The second kappa shape index (κ2) is 6.48. The van der Waals surface area contributed by atoms with Crippen molar-refractivity contribution in [1.82, 2.24) is 4.98 Å². The molecule has 0 aliphatic carbocycles. The van der Waals surface area contributed by atoms with Gasteiger partial charge in [0, 0.05) is 6.47 Å². The number of carbonyl (C=O) groups is 1. The highest BCUT2D eigenvalue weighted by Gasteiger charge is 2.11. The molecule has 0 fully saturated rings. The van der Waals surface area contributed by atoms with Crippen LogP contribution in [0.4, 0.5) is 0 Å². The summed E-state index contributed by atoms with van der Waals surface area (Å²) in [6.07, 6.45) is 5.96. The fourth-order valence-electron chi connectivity index (χ4n) is 1.64. The fourth-order valence-corrected chi connectivity index (χ4v) is 1.64. The fraction of sp³-hybridized carbons (Fsp3) is 0.231. The molecule has 0 radical (unpaired) electrons. The molecule has 0 spiro atoms. The number of carbonyl (C=O) groups excluding carboxylic acids is 1. The van der Waals surface area contributed by atoms with E-state index < -0.39 is 6.47 Å². The van der Waals surface area contributed by atoms with Gasteiger partial charge in [0.1, 0.15) is 18.4 Å². The molecule has 1 unspecified atom stereocenters. The van der Waals surface area contributed by atoms with Crippen molar-refractivity contribution in [2.45, 2.75) is 19.9 Å². The highest BCUT2D eigenvalue weighted by molar-refractivity contribution is 5.29. The van der Waals surface area contributed by atoms with E-state index in [0.717, 1.165) is 0 Å². The highest BCUT2D eigenvalue weighted by Crippen LogP contribution is 2.12. The summed E-state index contributed by atoms with van der Waals surface area (Å²) in [5.41, 5.74) is 2.65. The van der Waals surface area contributed by atoms with Gasteiger partial charge in [-0.1, -0.05) is 29.8 Å². The lowest BCUT2D eigenvalue weighted by Crippen LogP contribution is -2.35. The second-order valence-electron chi connectivity index (χ2n) is 3.75. The van der Waals surface area contributed by atoms with Crippen molar-refractivity contribution in [3.05, 3.63) is 54.1 Å². The minimum atomic E-state index is -0.500. The molecule has 1 aromatic carbocycles. The zero-order valence-electron chi connectivity index (χ0n) is 9.96. The maximum Gasteiger partial charge on any atom is 0.242 e. The van der Waals surface area contributed by atoms with Gasteiger partial charge in [0.15, 0.2) is 0 Å². The van der Waals surface area contributed by atoms with Gasteiger partial charge in [0.25, 0.3) is 0 Å². The lowest BCUT2D eigenvalue weighted by molar-refractivity contribution is -0.709. The van der Waals surface area contributed by atoms with Crippen molar-refractivity contribution in [2.24, 2.45) is 0 Å². The number of aromatic nitrogens is 2. The Morgan fingerprint density at radius 1 is 1.47 bits per heavy atom. The first kappa shape index (κ1) is 13.0. The maximum atomic E-state index is 8.25. The number of aromatic amines is 1. The summed E-state index contributed by atoms with van der Waals surface area (Å²) in [5, 5.41) is 8.25. The number of nitrogens with zero attached hydrogens (tertiary/aromatic N) is 1. The van der Waals surface area contributed by atoms with Crippen molar-refractivity contribution in [2.75, 3.05) is 0 Å². The zero-order valence-corrected chi connectivity index (χ0v) is 9.96. The van der Waals surface area contributed by atoms with Crippen molar-refractivity contribution in [3.8, 4) is 0 Å². The SMILES string of the molecule is Cc1cccc(C(C)[n+]2cc[nH]c2)c1.O=C[O-]. The summed E-state index contributed by atoms with van der Waals surface area (Å²) in [6, 6.07) is 9.01. The van der Waals surface area contributed by atoms with Crippen molar-refractivity contribution < 1.29 is 14.5 Å². The lowest BCUT2D eigenvalue weighted by Gasteiger charge is -2.08. The Hall–Kier alpha value is -2.10. The van der Waals surface area contributed by atoms with Crippen LogP contribution < -0.4 is 9.67 Å². The molecule has 2 aromatic rings. The number of benzene rings is 1. The van der Waals surface area contributed by atoms with E-state index in [2.05, 4.69) is 47.7 Å². The predicted molar refractivity (Wildman–Crippen MR) is 62.0 cm³/mol. The normalized spacial score (nSPS) is 11.2. The molecule has 0 aliphatic heterocycles. The molecule has 0 saturated heterocycles. The van der Waals surface area contributed by atoms with E-state index in [1.807, 2.05) is 18.7 Å². The summed E-state index contributed by atoms with van der Waals surface area (Å²) in [5.74, 6) is 0. The number of carboxylic acid groups (broad SMARTS) is 1. The van der Waals surface area contributed by atoms with Crippen LogP contribution in [0.15, 0.2) is 43.0 Å². The minimum Gasteiger partial charge on any atom is -0.554 e. The van der Waals surface area contributed by atoms with Crippen LogP contribution in [0.25, 0.3) is 0 Å². The Balaban J connectivity index is 0.000000437. The van der Waals surface area contributed by atoms with Gasteiger partial charge in [-0.25, -0.2) is 4.57 Å². The first-order chi connectivity index (χ1) is 8.19. The van der Waals surface area contributed by atoms with E-state index in [4.69, 9.17) is 9.90 Å². The third-order valence-corrected chi connectivity index (χ3v) is 2.54. The van der Waals surface area contributed by atoms with Crippen LogP contribution in [0.3, 0.4) is 0 Å². The number of hydrogen-bond acceptors (Lipinski definition) is 2. The van der Waals surface area contributed by atoms with Gasteiger partial charge in [-0.05, 0) is 19.4 Å². The van der Waals surface area contributed by atoms with Gasteiger partial charge in [-0.2, -0.15) is 0 Å². The Morgan fingerprint density at radius 2 is 2.18 bits per heavy atom. The number of H-pyrrole nitrogens is 1. The van der Waals surface area contributed by atoms with Crippen LogP contribution in [-0.4, -0.2) is 11.5 Å². The van der Waals surface area contributed by atoms with Crippen LogP contribution in [0, 0.1) is 6.92 Å². The summed E-state index contributed by atoms with van der Waals surface area (Å²) in [4.78, 5) is 11.3. The topological polar surface area (TPSA) is 59.8 Å². The quantitative estimate of drug-likeness (QED) is 0.608. The van der Waals surface area contributed by atoms with Gasteiger partial charge in [-0.15, -0.1) is 0 Å². The first-order valence-corrected chi connectivity index (χ1v) is 5.34. The molecule has 1 heterocycles. The van der Waals surface area contributed by atoms with E-state index >= 15 is 0 Å². The smallest absolute Gasteiger partial charge is 0.242 e. The van der Waals surface area contributed by atoms with Gasteiger partial charge >= 0.3 is 0 Å². The molecule has 0 amide bonds. The highest BCUT2D eigenvalue weighted by atomic mass is 16.3. The van der Waals surface area contributed by atoms with Gasteiger partial charge in [0.2, 0.25) is 6.33 Å². The summed E-state index contributed by atoms with van der Waals surface area (Å²) >= 11 is 0. The molecule has 4 nitrogen and oxygen atoms in total. The Kier molecular flexibility index (Phi) is 4.94. The molecule has 17 heavy (non-hydrogen) atoms. The monoisotopic (exact) mass is 232 g/mol. The largest absolute Gasteiger partial charge is 0.554 e.